The van der Waals surface area contributed by atoms with Crippen LogP contribution in [0.1, 0.15) is 13.8 Å². The summed E-state index contributed by atoms with van der Waals surface area (Å²) in [4.78, 5) is 2.27. The molecule has 1 aliphatic carbocycles. The standard InChI is InChI=1S/C24H31NO2P2/c1-5-26-29(27-6-2)24-18-17-23(22(24)19-25(3)4)28(20-13-9-7-10-14-20)21-15-11-8-12-16-21/h7-18,22H,5-6,19H2,1-4H3. The van der Waals surface area contributed by atoms with E-state index in [0.29, 0.717) is 19.1 Å². The second-order valence-corrected chi connectivity index (χ2v) is 10.9. The first-order chi connectivity index (χ1) is 14.2. The molecule has 0 heterocycles. The number of nitrogens with zero attached hydrogens (tertiary/aromatic N) is 1. The predicted octanol–water partition coefficient (Wildman–Crippen LogP) is 5.46. The fraction of sp³-hybridized carbons (Fsp3) is 0.333. The van der Waals surface area contributed by atoms with E-state index >= 15 is 0 Å². The lowest BCUT2D eigenvalue weighted by atomic mass is 10.1. The zero-order chi connectivity index (χ0) is 20.6. The van der Waals surface area contributed by atoms with Gasteiger partial charge in [-0.15, -0.1) is 0 Å². The van der Waals surface area contributed by atoms with Crippen LogP contribution in [-0.4, -0.2) is 38.8 Å². The van der Waals surface area contributed by atoms with Gasteiger partial charge in [-0.2, -0.15) is 0 Å². The van der Waals surface area contributed by atoms with Gasteiger partial charge < -0.3 is 13.9 Å². The molecule has 154 valence electrons. The summed E-state index contributed by atoms with van der Waals surface area (Å²) in [6.45, 7) is 6.37. The summed E-state index contributed by atoms with van der Waals surface area (Å²) < 4.78 is 12.1. The molecule has 2 aromatic carbocycles. The minimum Gasteiger partial charge on any atom is -0.331 e. The van der Waals surface area contributed by atoms with Gasteiger partial charge in [-0.3, -0.25) is 0 Å². The maximum Gasteiger partial charge on any atom is 0.201 e. The molecule has 5 heteroatoms. The Morgan fingerprint density at radius 1 is 0.759 bits per heavy atom. The molecule has 0 N–H and O–H groups in total. The van der Waals surface area contributed by atoms with E-state index in [1.54, 1.807) is 0 Å². The summed E-state index contributed by atoms with van der Waals surface area (Å²) >= 11 is 0. The fourth-order valence-electron chi connectivity index (χ4n) is 3.55. The van der Waals surface area contributed by atoms with Crippen molar-refractivity contribution in [2.75, 3.05) is 33.9 Å². The van der Waals surface area contributed by atoms with Gasteiger partial charge in [0.25, 0.3) is 0 Å². The number of hydrogen-bond acceptors (Lipinski definition) is 3. The lowest BCUT2D eigenvalue weighted by molar-refractivity contribution is 0.271. The first kappa shape index (κ1) is 22.3. The molecule has 3 rings (SSSR count). The Bertz CT molecular complexity index is 776. The van der Waals surface area contributed by atoms with Crippen molar-refractivity contribution >= 4 is 26.9 Å². The van der Waals surface area contributed by atoms with E-state index in [-0.39, 0.29) is 0 Å². The predicted molar refractivity (Wildman–Crippen MR) is 127 cm³/mol. The van der Waals surface area contributed by atoms with Crippen LogP contribution >= 0.6 is 16.3 Å². The Labute approximate surface area is 178 Å². The molecule has 0 aliphatic heterocycles. The molecular formula is C24H31NO2P2. The van der Waals surface area contributed by atoms with Crippen LogP contribution in [0.25, 0.3) is 0 Å². The molecule has 1 unspecified atom stereocenters. The topological polar surface area (TPSA) is 21.7 Å². The Kier molecular flexibility index (Phi) is 8.60. The summed E-state index contributed by atoms with van der Waals surface area (Å²) in [6.07, 6.45) is 4.60. The third-order valence-electron chi connectivity index (χ3n) is 4.68. The van der Waals surface area contributed by atoms with E-state index in [0.717, 1.165) is 6.54 Å². The minimum absolute atomic E-state index is 0.306. The largest absolute Gasteiger partial charge is 0.331 e. The van der Waals surface area contributed by atoms with Crippen LogP contribution < -0.4 is 10.6 Å². The molecule has 0 bridgehead atoms. The Balaban J connectivity index is 2.01. The summed E-state index contributed by atoms with van der Waals surface area (Å²) in [5.74, 6) is 0.306. The summed E-state index contributed by atoms with van der Waals surface area (Å²) in [5, 5.41) is 5.55. The van der Waals surface area contributed by atoms with Crippen LogP contribution in [0.3, 0.4) is 0 Å². The first-order valence-corrected chi connectivity index (χ1v) is 12.7. The van der Waals surface area contributed by atoms with Crippen LogP contribution in [-0.2, 0) is 9.05 Å². The second kappa shape index (κ2) is 11.2. The van der Waals surface area contributed by atoms with Gasteiger partial charge >= 0.3 is 0 Å². The average Bonchev–Trinajstić information content (AvgIpc) is 3.12. The Hall–Kier alpha value is -1.34. The monoisotopic (exact) mass is 427 g/mol. The van der Waals surface area contributed by atoms with Crippen molar-refractivity contribution in [1.82, 2.24) is 4.90 Å². The average molecular weight is 427 g/mol. The van der Waals surface area contributed by atoms with Crippen molar-refractivity contribution in [2.24, 2.45) is 5.92 Å². The molecule has 0 spiro atoms. The molecule has 0 fully saturated rings. The molecule has 29 heavy (non-hydrogen) atoms. The van der Waals surface area contributed by atoms with Gasteiger partial charge in [0.2, 0.25) is 8.38 Å². The SMILES string of the molecule is CCOP(OCC)C1=CC=C(P(c2ccccc2)c2ccccc2)C1CN(C)C. The van der Waals surface area contributed by atoms with E-state index in [1.165, 1.54) is 21.2 Å². The highest BCUT2D eigenvalue weighted by molar-refractivity contribution is 7.76. The fourth-order valence-corrected chi connectivity index (χ4v) is 7.75. The van der Waals surface area contributed by atoms with E-state index < -0.39 is 16.3 Å². The van der Waals surface area contributed by atoms with Crippen LogP contribution in [0.15, 0.2) is 83.4 Å². The summed E-state index contributed by atoms with van der Waals surface area (Å²) in [7, 11) is 2.65. The number of benzene rings is 2. The van der Waals surface area contributed by atoms with Gasteiger partial charge in [-0.1, -0.05) is 72.8 Å². The molecule has 0 aromatic heterocycles. The van der Waals surface area contributed by atoms with Gasteiger partial charge in [0.15, 0.2) is 0 Å². The molecule has 1 atom stereocenters. The summed E-state index contributed by atoms with van der Waals surface area (Å²) in [5.41, 5.74) is 0. The molecule has 0 saturated carbocycles. The zero-order valence-corrected chi connectivity index (χ0v) is 19.6. The highest BCUT2D eigenvalue weighted by Crippen LogP contribution is 2.60. The molecule has 0 radical (unpaired) electrons. The van der Waals surface area contributed by atoms with Crippen molar-refractivity contribution in [3.63, 3.8) is 0 Å². The quantitative estimate of drug-likeness (QED) is 0.470. The van der Waals surface area contributed by atoms with Crippen LogP contribution in [0.4, 0.5) is 0 Å². The van der Waals surface area contributed by atoms with E-state index in [1.807, 2.05) is 13.8 Å². The van der Waals surface area contributed by atoms with Gasteiger partial charge in [0.1, 0.15) is 0 Å². The van der Waals surface area contributed by atoms with Gasteiger partial charge in [-0.25, -0.2) is 0 Å². The lowest BCUT2D eigenvalue weighted by Gasteiger charge is -2.31. The van der Waals surface area contributed by atoms with Gasteiger partial charge in [-0.05, 0) is 51.8 Å². The molecule has 3 nitrogen and oxygen atoms in total. The smallest absolute Gasteiger partial charge is 0.201 e. The molecule has 0 amide bonds. The van der Waals surface area contributed by atoms with Gasteiger partial charge in [0, 0.05) is 17.8 Å². The Morgan fingerprint density at radius 3 is 1.69 bits per heavy atom. The maximum atomic E-state index is 6.05. The number of allylic oxidation sites excluding steroid dienone is 2. The molecular weight excluding hydrogens is 396 g/mol. The Morgan fingerprint density at radius 2 is 1.24 bits per heavy atom. The zero-order valence-electron chi connectivity index (χ0n) is 17.8. The minimum atomic E-state index is -1.03. The number of rotatable bonds is 10. The second-order valence-electron chi connectivity index (χ2n) is 7.10. The lowest BCUT2D eigenvalue weighted by Crippen LogP contribution is -2.25. The molecule has 2 aromatic rings. The third kappa shape index (κ3) is 5.63. The van der Waals surface area contributed by atoms with Gasteiger partial charge in [0.05, 0.1) is 13.2 Å². The van der Waals surface area contributed by atoms with Crippen molar-refractivity contribution in [1.29, 1.82) is 0 Å². The van der Waals surface area contributed by atoms with Crippen molar-refractivity contribution in [3.05, 3.63) is 83.4 Å². The van der Waals surface area contributed by atoms with Crippen LogP contribution in [0.5, 0.6) is 0 Å². The van der Waals surface area contributed by atoms with Crippen LogP contribution in [0.2, 0.25) is 0 Å². The highest BCUT2D eigenvalue weighted by Gasteiger charge is 2.35. The number of hydrogen-bond donors (Lipinski definition) is 0. The highest BCUT2D eigenvalue weighted by atomic mass is 31.2. The van der Waals surface area contributed by atoms with E-state index in [9.17, 15) is 0 Å². The normalized spacial score (nSPS) is 16.6. The molecule has 1 aliphatic rings. The van der Waals surface area contributed by atoms with Crippen molar-refractivity contribution in [2.45, 2.75) is 13.8 Å². The van der Waals surface area contributed by atoms with Crippen molar-refractivity contribution < 1.29 is 9.05 Å². The van der Waals surface area contributed by atoms with Crippen molar-refractivity contribution in [3.8, 4) is 0 Å². The maximum absolute atomic E-state index is 6.05. The molecule has 0 saturated heterocycles. The van der Waals surface area contributed by atoms with E-state index in [2.05, 4.69) is 91.8 Å². The van der Waals surface area contributed by atoms with Crippen LogP contribution in [0, 0.1) is 5.92 Å². The first-order valence-electron chi connectivity index (χ1n) is 10.2. The summed E-state index contributed by atoms with van der Waals surface area (Å²) in [6, 6.07) is 21.8. The third-order valence-corrected chi connectivity index (χ3v) is 9.15. The van der Waals surface area contributed by atoms with E-state index in [4.69, 9.17) is 9.05 Å².